The van der Waals surface area contributed by atoms with Crippen LogP contribution in [0.4, 0.5) is 0 Å². The van der Waals surface area contributed by atoms with Gasteiger partial charge in [0.05, 0.1) is 6.54 Å². The smallest absolute Gasteiger partial charge is 0.234 e. The molecule has 0 unspecified atom stereocenters. The van der Waals surface area contributed by atoms with Crippen LogP contribution in [0.5, 0.6) is 0 Å². The third-order valence-corrected chi connectivity index (χ3v) is 6.10. The normalized spacial score (nSPS) is 29.2. The second-order valence-electron chi connectivity index (χ2n) is 7.50. The van der Waals surface area contributed by atoms with Crippen LogP contribution in [0.3, 0.4) is 0 Å². The third-order valence-electron chi connectivity index (χ3n) is 6.10. The number of piperidine rings is 1. The van der Waals surface area contributed by atoms with Gasteiger partial charge in [-0.2, -0.15) is 0 Å². The third kappa shape index (κ3) is 4.02. The molecule has 0 bridgehead atoms. The van der Waals surface area contributed by atoms with Gasteiger partial charge in [0.2, 0.25) is 5.91 Å². The summed E-state index contributed by atoms with van der Waals surface area (Å²) in [6, 6.07) is 1.10. The Labute approximate surface area is 135 Å². The van der Waals surface area contributed by atoms with E-state index in [1.54, 1.807) is 0 Å². The molecule has 2 heterocycles. The number of nitrogens with zero attached hydrogens (tertiary/aromatic N) is 2. The zero-order valence-corrected chi connectivity index (χ0v) is 14.2. The number of hydrogen-bond acceptors (Lipinski definition) is 3. The molecule has 3 rings (SSSR count). The molecule has 4 heteroatoms. The summed E-state index contributed by atoms with van der Waals surface area (Å²) in [6.07, 6.45) is 10.4. The minimum absolute atomic E-state index is 0.264. The number of hydrogen-bond donors (Lipinski definition) is 1. The average molecular weight is 307 g/mol. The number of carbonyl (C=O) groups excluding carboxylic acids is 1. The molecule has 1 atom stereocenters. The Hall–Kier alpha value is -0.610. The van der Waals surface area contributed by atoms with Gasteiger partial charge in [-0.25, -0.2) is 0 Å². The van der Waals surface area contributed by atoms with E-state index in [1.165, 1.54) is 38.5 Å². The van der Waals surface area contributed by atoms with Crippen molar-refractivity contribution in [2.45, 2.75) is 70.4 Å². The first-order valence-electron chi connectivity index (χ1n) is 9.52. The Kier molecular flexibility index (Phi) is 5.75. The molecule has 1 aliphatic carbocycles. The lowest BCUT2D eigenvalue weighted by molar-refractivity contribution is -0.123. The first-order valence-corrected chi connectivity index (χ1v) is 9.52. The maximum atomic E-state index is 12.4. The minimum atomic E-state index is 0.264. The SMILES string of the molecule is CCN1CCC(NC(=O)CN2CCC[C@H]2C2CCCC2)CC1. The molecule has 0 aromatic heterocycles. The van der Waals surface area contributed by atoms with Crippen molar-refractivity contribution in [1.29, 1.82) is 0 Å². The Morgan fingerprint density at radius 2 is 1.73 bits per heavy atom. The van der Waals surface area contributed by atoms with E-state index in [0.717, 1.165) is 44.9 Å². The monoisotopic (exact) mass is 307 g/mol. The van der Waals surface area contributed by atoms with Crippen LogP contribution in [0.15, 0.2) is 0 Å². The van der Waals surface area contributed by atoms with Gasteiger partial charge in [-0.15, -0.1) is 0 Å². The van der Waals surface area contributed by atoms with Gasteiger partial charge in [0, 0.05) is 25.2 Å². The molecule has 3 aliphatic rings. The van der Waals surface area contributed by atoms with E-state index in [0.29, 0.717) is 18.6 Å². The van der Waals surface area contributed by atoms with Crippen molar-refractivity contribution < 1.29 is 4.79 Å². The second-order valence-corrected chi connectivity index (χ2v) is 7.50. The van der Waals surface area contributed by atoms with Gasteiger partial charge in [-0.1, -0.05) is 19.8 Å². The molecule has 1 saturated carbocycles. The molecule has 2 saturated heterocycles. The van der Waals surface area contributed by atoms with E-state index in [9.17, 15) is 4.79 Å². The fourth-order valence-electron chi connectivity index (χ4n) is 4.78. The zero-order valence-electron chi connectivity index (χ0n) is 14.2. The van der Waals surface area contributed by atoms with Gasteiger partial charge in [0.25, 0.3) is 0 Å². The van der Waals surface area contributed by atoms with Crippen LogP contribution in [0.1, 0.15) is 58.3 Å². The molecule has 1 amide bonds. The van der Waals surface area contributed by atoms with Crippen LogP contribution >= 0.6 is 0 Å². The Balaban J connectivity index is 1.43. The molecule has 0 spiro atoms. The van der Waals surface area contributed by atoms with E-state index in [1.807, 2.05) is 0 Å². The molecular weight excluding hydrogens is 274 g/mol. The summed E-state index contributed by atoms with van der Waals surface area (Å²) >= 11 is 0. The Morgan fingerprint density at radius 3 is 2.41 bits per heavy atom. The van der Waals surface area contributed by atoms with Gasteiger partial charge in [-0.05, 0) is 57.5 Å². The van der Waals surface area contributed by atoms with Crippen LogP contribution in [-0.4, -0.2) is 60.5 Å². The lowest BCUT2D eigenvalue weighted by atomic mass is 9.96. The molecule has 22 heavy (non-hydrogen) atoms. The van der Waals surface area contributed by atoms with Crippen LogP contribution in [0.25, 0.3) is 0 Å². The molecule has 0 aromatic rings. The summed E-state index contributed by atoms with van der Waals surface area (Å²) < 4.78 is 0. The highest BCUT2D eigenvalue weighted by Gasteiger charge is 2.34. The maximum Gasteiger partial charge on any atom is 0.234 e. The zero-order chi connectivity index (χ0) is 15.4. The quantitative estimate of drug-likeness (QED) is 0.846. The topological polar surface area (TPSA) is 35.6 Å². The summed E-state index contributed by atoms with van der Waals surface area (Å²) in [6.45, 7) is 7.39. The fourth-order valence-corrected chi connectivity index (χ4v) is 4.78. The highest BCUT2D eigenvalue weighted by atomic mass is 16.2. The molecular formula is C18H33N3O. The van der Waals surface area contributed by atoms with Crippen LogP contribution in [-0.2, 0) is 4.79 Å². The van der Waals surface area contributed by atoms with Gasteiger partial charge < -0.3 is 10.2 Å². The lowest BCUT2D eigenvalue weighted by Crippen LogP contribution is -2.48. The first kappa shape index (κ1) is 16.3. The van der Waals surface area contributed by atoms with Crippen molar-refractivity contribution in [1.82, 2.24) is 15.1 Å². The molecule has 4 nitrogen and oxygen atoms in total. The number of amides is 1. The fraction of sp³-hybridized carbons (Fsp3) is 0.944. The van der Waals surface area contributed by atoms with Gasteiger partial charge >= 0.3 is 0 Å². The van der Waals surface area contributed by atoms with Crippen molar-refractivity contribution in [2.75, 3.05) is 32.7 Å². The van der Waals surface area contributed by atoms with Gasteiger partial charge in [0.15, 0.2) is 0 Å². The van der Waals surface area contributed by atoms with Crippen molar-refractivity contribution >= 4 is 5.91 Å². The molecule has 0 radical (unpaired) electrons. The van der Waals surface area contributed by atoms with Crippen LogP contribution in [0, 0.1) is 5.92 Å². The van der Waals surface area contributed by atoms with E-state index in [2.05, 4.69) is 22.0 Å². The van der Waals surface area contributed by atoms with Crippen molar-refractivity contribution in [3.63, 3.8) is 0 Å². The number of carbonyl (C=O) groups is 1. The minimum Gasteiger partial charge on any atom is -0.352 e. The Bertz CT molecular complexity index is 359. The van der Waals surface area contributed by atoms with Crippen molar-refractivity contribution in [2.24, 2.45) is 5.92 Å². The number of rotatable bonds is 5. The average Bonchev–Trinajstić information content (AvgIpc) is 3.18. The van der Waals surface area contributed by atoms with Crippen LogP contribution < -0.4 is 5.32 Å². The molecule has 1 N–H and O–H groups in total. The van der Waals surface area contributed by atoms with E-state index < -0.39 is 0 Å². The largest absolute Gasteiger partial charge is 0.352 e. The molecule has 126 valence electrons. The second kappa shape index (κ2) is 7.78. The van der Waals surface area contributed by atoms with Crippen molar-refractivity contribution in [3.05, 3.63) is 0 Å². The molecule has 2 aliphatic heterocycles. The molecule has 3 fully saturated rings. The van der Waals surface area contributed by atoms with Crippen LogP contribution in [0.2, 0.25) is 0 Å². The predicted molar refractivity (Wildman–Crippen MR) is 89.8 cm³/mol. The summed E-state index contributed by atoms with van der Waals surface area (Å²) in [5.41, 5.74) is 0. The maximum absolute atomic E-state index is 12.4. The predicted octanol–water partition coefficient (Wildman–Crippen LogP) is 2.24. The van der Waals surface area contributed by atoms with E-state index in [-0.39, 0.29) is 5.91 Å². The number of likely N-dealkylation sites (tertiary alicyclic amines) is 2. The highest BCUT2D eigenvalue weighted by Crippen LogP contribution is 2.35. The molecule has 0 aromatic carbocycles. The van der Waals surface area contributed by atoms with E-state index in [4.69, 9.17) is 0 Å². The Morgan fingerprint density at radius 1 is 1.00 bits per heavy atom. The summed E-state index contributed by atoms with van der Waals surface area (Å²) in [4.78, 5) is 17.4. The van der Waals surface area contributed by atoms with Gasteiger partial charge in [-0.3, -0.25) is 9.69 Å². The standard InChI is InChI=1S/C18H33N3O/c1-2-20-12-9-16(10-13-20)19-18(22)14-21-11-5-8-17(21)15-6-3-4-7-15/h15-17H,2-14H2,1H3,(H,19,22)/t17-/m0/s1. The highest BCUT2D eigenvalue weighted by molar-refractivity contribution is 5.78. The summed E-state index contributed by atoms with van der Waals surface area (Å²) in [7, 11) is 0. The van der Waals surface area contributed by atoms with E-state index >= 15 is 0 Å². The summed E-state index contributed by atoms with van der Waals surface area (Å²) in [5, 5.41) is 3.29. The number of nitrogens with one attached hydrogen (secondary N) is 1. The van der Waals surface area contributed by atoms with Crippen molar-refractivity contribution in [3.8, 4) is 0 Å². The van der Waals surface area contributed by atoms with Gasteiger partial charge in [0.1, 0.15) is 0 Å². The first-order chi connectivity index (χ1) is 10.8. The lowest BCUT2D eigenvalue weighted by Gasteiger charge is -2.33. The summed E-state index contributed by atoms with van der Waals surface area (Å²) in [5.74, 6) is 1.13.